The first kappa shape index (κ1) is 20.6. The summed E-state index contributed by atoms with van der Waals surface area (Å²) in [5, 5.41) is 10.6. The fourth-order valence-electron chi connectivity index (χ4n) is 4.31. The minimum Gasteiger partial charge on any atom is -0.390 e. The summed E-state index contributed by atoms with van der Waals surface area (Å²) in [6.07, 6.45) is -0.424. The van der Waals surface area contributed by atoms with E-state index in [0.29, 0.717) is 32.7 Å². The van der Waals surface area contributed by atoms with Crippen molar-refractivity contribution in [3.05, 3.63) is 60.2 Å². The number of hydrogen-bond acceptors (Lipinski definition) is 5. The number of sulfonamides is 1. The highest BCUT2D eigenvalue weighted by Gasteiger charge is 2.38. The van der Waals surface area contributed by atoms with Gasteiger partial charge in [0.15, 0.2) is 0 Å². The van der Waals surface area contributed by atoms with Crippen LogP contribution in [0.2, 0.25) is 0 Å². The van der Waals surface area contributed by atoms with Crippen molar-refractivity contribution < 1.29 is 13.5 Å². The zero-order valence-electron chi connectivity index (χ0n) is 16.4. The third-order valence-electron chi connectivity index (χ3n) is 5.86. The highest BCUT2D eigenvalue weighted by atomic mass is 32.2. The Morgan fingerprint density at radius 3 is 2.28 bits per heavy atom. The van der Waals surface area contributed by atoms with E-state index in [0.717, 1.165) is 13.1 Å². The highest BCUT2D eigenvalue weighted by Crippen LogP contribution is 2.22. The monoisotopic (exact) mass is 411 g/mol. The first-order chi connectivity index (χ1) is 13.9. The molecule has 4 rings (SSSR count). The van der Waals surface area contributed by atoms with Gasteiger partial charge in [0.25, 0.3) is 0 Å². The molecule has 0 amide bonds. The van der Waals surface area contributed by atoms with Crippen molar-refractivity contribution in [1.82, 2.24) is 14.1 Å². The largest absolute Gasteiger partial charge is 0.390 e. The average Bonchev–Trinajstić information content (AvgIpc) is 3.09. The Kier molecular flexibility index (Phi) is 6.08. The molecule has 152 valence electrons. The van der Waals surface area contributed by atoms with Crippen molar-refractivity contribution in [2.45, 2.75) is 23.6 Å². The van der Waals surface area contributed by atoms with E-state index < -0.39 is 16.1 Å². The predicted molar refractivity (Wildman–Crippen MR) is 114 cm³/mol. The molecule has 2 aromatic rings. The van der Waals surface area contributed by atoms with Gasteiger partial charge in [0, 0.05) is 51.9 Å². The Morgan fingerprint density at radius 2 is 1.59 bits per heavy atom. The Hall–Kier alpha value is -1.71. The lowest BCUT2D eigenvalue weighted by molar-refractivity contribution is 0.0618. The summed E-state index contributed by atoms with van der Waals surface area (Å²) in [5.74, 6) is 0. The average molecular weight is 411 g/mol. The third-order valence-corrected chi connectivity index (χ3v) is 7.84. The van der Waals surface area contributed by atoms with Crippen LogP contribution in [0.1, 0.15) is 5.56 Å². The summed E-state index contributed by atoms with van der Waals surface area (Å²) >= 11 is 0. The molecule has 2 heterocycles. The molecule has 2 saturated heterocycles. The molecular weight excluding hydrogens is 385 g/mol. The Labute approximate surface area is 174 Å². The van der Waals surface area contributed by atoms with Gasteiger partial charge < -0.3 is 5.11 Å². The molecule has 0 unspecified atom stereocenters. The van der Waals surface area contributed by atoms with Crippen LogP contribution >= 0.6 is 0 Å². The van der Waals surface area contributed by atoms with Crippen LogP contribution in [0, 0.1) is 0 Å². The van der Waals surface area contributed by atoms with E-state index in [-0.39, 0.29) is 16.4 Å². The zero-order chi connectivity index (χ0) is 20.4. The van der Waals surface area contributed by atoms with Crippen molar-refractivity contribution in [3.63, 3.8) is 0 Å². The molecule has 2 atom stereocenters. The van der Waals surface area contributed by atoms with Crippen molar-refractivity contribution >= 4 is 23.3 Å². The molecule has 6 nitrogen and oxygen atoms in total. The number of nitrogens with zero attached hydrogens (tertiary/aromatic N) is 3. The molecule has 0 bridgehead atoms. The summed E-state index contributed by atoms with van der Waals surface area (Å²) in [7, 11) is 2.29. The van der Waals surface area contributed by atoms with Gasteiger partial charge in [-0.15, -0.1) is 0 Å². The lowest BCUT2D eigenvalue weighted by Crippen LogP contribution is -2.55. The lowest BCUT2D eigenvalue weighted by atomic mass is 9.97. The van der Waals surface area contributed by atoms with Crippen LogP contribution in [0.3, 0.4) is 0 Å². The van der Waals surface area contributed by atoms with Crippen LogP contribution in [0.4, 0.5) is 0 Å². The van der Waals surface area contributed by atoms with Gasteiger partial charge in [0.05, 0.1) is 11.0 Å². The maximum absolute atomic E-state index is 12.9. The minimum absolute atomic E-state index is 0.0327. The van der Waals surface area contributed by atoms with Crippen LogP contribution in [-0.4, -0.2) is 86.9 Å². The van der Waals surface area contributed by atoms with E-state index in [1.54, 1.807) is 24.3 Å². The molecular formula is C21H26BN3O3S. The summed E-state index contributed by atoms with van der Waals surface area (Å²) in [6, 6.07) is 16.9. The lowest BCUT2D eigenvalue weighted by Gasteiger charge is -2.38. The fourth-order valence-corrected chi connectivity index (χ4v) is 5.85. The van der Waals surface area contributed by atoms with Crippen molar-refractivity contribution in [2.24, 2.45) is 0 Å². The van der Waals surface area contributed by atoms with Crippen LogP contribution in [0.5, 0.6) is 0 Å². The Balaban J connectivity index is 1.36. The zero-order valence-corrected chi connectivity index (χ0v) is 17.2. The van der Waals surface area contributed by atoms with E-state index in [2.05, 4.69) is 21.9 Å². The second-order valence-electron chi connectivity index (χ2n) is 7.79. The van der Waals surface area contributed by atoms with Gasteiger partial charge in [-0.1, -0.05) is 54.0 Å². The molecule has 0 aliphatic carbocycles. The van der Waals surface area contributed by atoms with E-state index in [9.17, 15) is 13.5 Å². The summed E-state index contributed by atoms with van der Waals surface area (Å²) in [4.78, 5) is 4.65. The number of likely N-dealkylation sites (tertiary alicyclic amines) is 1. The summed E-state index contributed by atoms with van der Waals surface area (Å²) in [6.45, 7) is 4.25. The molecule has 0 spiro atoms. The predicted octanol–water partition coefficient (Wildman–Crippen LogP) is 0.0320. The molecule has 2 aliphatic rings. The molecule has 2 aliphatic heterocycles. The topological polar surface area (TPSA) is 64.1 Å². The number of rotatable bonds is 5. The number of hydrogen-bond donors (Lipinski definition) is 1. The number of benzene rings is 2. The second-order valence-corrected chi connectivity index (χ2v) is 9.70. The Morgan fingerprint density at radius 1 is 0.931 bits per heavy atom. The fraction of sp³-hybridized carbons (Fsp3) is 0.429. The quantitative estimate of drug-likeness (QED) is 0.704. The van der Waals surface area contributed by atoms with Gasteiger partial charge in [0.2, 0.25) is 10.0 Å². The third kappa shape index (κ3) is 4.41. The number of aliphatic hydroxyl groups is 1. The molecule has 2 aromatic carbocycles. The normalized spacial score (nSPS) is 24.7. The van der Waals surface area contributed by atoms with Crippen LogP contribution < -0.4 is 5.46 Å². The Bertz CT molecular complexity index is 933. The minimum atomic E-state index is -3.60. The van der Waals surface area contributed by atoms with E-state index in [4.69, 9.17) is 7.85 Å². The second kappa shape index (κ2) is 8.57. The highest BCUT2D eigenvalue weighted by molar-refractivity contribution is 7.89. The smallest absolute Gasteiger partial charge is 0.242 e. The maximum atomic E-state index is 12.9. The van der Waals surface area contributed by atoms with Gasteiger partial charge in [-0.2, -0.15) is 4.31 Å². The van der Waals surface area contributed by atoms with Crippen LogP contribution in [0.15, 0.2) is 59.5 Å². The van der Waals surface area contributed by atoms with Crippen molar-refractivity contribution in [2.75, 3.05) is 39.3 Å². The van der Waals surface area contributed by atoms with E-state index >= 15 is 0 Å². The van der Waals surface area contributed by atoms with E-state index in [1.807, 2.05) is 18.2 Å². The molecule has 1 N–H and O–H groups in total. The van der Waals surface area contributed by atoms with E-state index in [1.165, 1.54) is 9.87 Å². The van der Waals surface area contributed by atoms with Crippen LogP contribution in [0.25, 0.3) is 0 Å². The van der Waals surface area contributed by atoms with Gasteiger partial charge in [-0.25, -0.2) is 8.42 Å². The number of β-amino-alcohol motifs (C(OH)–C–C–N with tert-alkyl or cyclic N) is 1. The van der Waals surface area contributed by atoms with Crippen LogP contribution in [-0.2, 0) is 16.6 Å². The number of piperazine rings is 1. The van der Waals surface area contributed by atoms with Gasteiger partial charge in [-0.3, -0.25) is 9.80 Å². The first-order valence-corrected chi connectivity index (χ1v) is 11.4. The van der Waals surface area contributed by atoms with Gasteiger partial charge in [-0.05, 0) is 11.6 Å². The maximum Gasteiger partial charge on any atom is 0.242 e. The van der Waals surface area contributed by atoms with Crippen molar-refractivity contribution in [3.8, 4) is 0 Å². The van der Waals surface area contributed by atoms with Gasteiger partial charge >= 0.3 is 0 Å². The van der Waals surface area contributed by atoms with Crippen molar-refractivity contribution in [1.29, 1.82) is 0 Å². The summed E-state index contributed by atoms with van der Waals surface area (Å²) < 4.78 is 27.3. The first-order valence-electron chi connectivity index (χ1n) is 9.98. The SMILES string of the molecule is [B]c1ccccc1S(=O)(=O)N1CCN([C@@H]2CN(Cc3ccccc3)C[C@H]2O)CC1. The molecule has 8 heteroatoms. The number of aliphatic hydroxyl groups excluding tert-OH is 1. The molecule has 0 saturated carbocycles. The standard InChI is InChI=1S/C21H26BN3O3S/c22-18-8-4-5-9-21(18)29(27,28)25-12-10-24(11-13-25)19-15-23(16-20(19)26)14-17-6-2-1-3-7-17/h1-9,19-20,26H,10-16H2/t19-,20-/m1/s1. The molecule has 2 fully saturated rings. The molecule has 29 heavy (non-hydrogen) atoms. The summed E-state index contributed by atoms with van der Waals surface area (Å²) in [5.41, 5.74) is 1.51. The molecule has 0 aromatic heterocycles. The molecule has 2 radical (unpaired) electrons. The van der Waals surface area contributed by atoms with Gasteiger partial charge in [0.1, 0.15) is 7.85 Å².